The van der Waals surface area contributed by atoms with Crippen molar-refractivity contribution < 1.29 is 28.3 Å². The fourth-order valence-electron chi connectivity index (χ4n) is 3.69. The Morgan fingerprint density at radius 1 is 1.00 bits per heavy atom. The molecule has 0 aliphatic carbocycles. The third-order valence-electron chi connectivity index (χ3n) is 5.30. The molecule has 1 saturated heterocycles. The van der Waals surface area contributed by atoms with Crippen LogP contribution in [0.2, 0.25) is 0 Å². The molecule has 2 aromatic carbocycles. The molecule has 1 aromatic heterocycles. The summed E-state index contributed by atoms with van der Waals surface area (Å²) >= 11 is 0. The number of amides is 4. The van der Waals surface area contributed by atoms with Crippen molar-refractivity contribution in [1.29, 1.82) is 0 Å². The Balaban J connectivity index is 1.50. The maximum atomic E-state index is 13.2. The number of esters is 1. The van der Waals surface area contributed by atoms with E-state index in [9.17, 15) is 19.2 Å². The molecule has 0 saturated carbocycles. The first-order valence-electron chi connectivity index (χ1n) is 10.8. The first-order valence-corrected chi connectivity index (χ1v) is 10.8. The highest BCUT2D eigenvalue weighted by atomic mass is 16.5. The number of carbonyl (C=O) groups excluding carboxylic acids is 4. The van der Waals surface area contributed by atoms with E-state index in [4.69, 9.17) is 9.15 Å². The van der Waals surface area contributed by atoms with Crippen molar-refractivity contribution in [2.45, 2.75) is 25.9 Å². The van der Waals surface area contributed by atoms with Crippen LogP contribution in [0.15, 0.2) is 77.4 Å². The lowest BCUT2D eigenvalue weighted by Gasteiger charge is -2.20. The van der Waals surface area contributed by atoms with Crippen molar-refractivity contribution in [3.8, 4) is 0 Å². The zero-order valence-corrected chi connectivity index (χ0v) is 18.5. The number of nitrogens with zero attached hydrogens (tertiary/aromatic N) is 2. The second kappa shape index (κ2) is 10.0. The van der Waals surface area contributed by atoms with Gasteiger partial charge < -0.3 is 19.4 Å². The number of carbonyl (C=O) groups is 4. The molecule has 1 unspecified atom stereocenters. The van der Waals surface area contributed by atoms with Crippen molar-refractivity contribution in [3.63, 3.8) is 0 Å². The van der Waals surface area contributed by atoms with Crippen molar-refractivity contribution in [2.24, 2.45) is 0 Å². The molecule has 1 N–H and O–H groups in total. The first-order chi connectivity index (χ1) is 16.5. The summed E-state index contributed by atoms with van der Waals surface area (Å²) in [5, 5.41) is 2.71. The van der Waals surface area contributed by atoms with Crippen molar-refractivity contribution in [1.82, 2.24) is 4.90 Å². The van der Waals surface area contributed by atoms with Crippen LogP contribution in [0.3, 0.4) is 0 Å². The fourth-order valence-corrected chi connectivity index (χ4v) is 3.69. The van der Waals surface area contributed by atoms with Crippen LogP contribution >= 0.6 is 0 Å². The Kier molecular flexibility index (Phi) is 6.72. The average Bonchev–Trinajstić information content (AvgIpc) is 3.43. The second-order valence-electron chi connectivity index (χ2n) is 7.56. The number of para-hydroxylation sites is 1. The number of anilines is 2. The van der Waals surface area contributed by atoms with Crippen LogP contribution in [0, 0.1) is 0 Å². The van der Waals surface area contributed by atoms with Crippen molar-refractivity contribution in [2.75, 3.05) is 16.8 Å². The van der Waals surface area contributed by atoms with Gasteiger partial charge in [-0.2, -0.15) is 0 Å². The van der Waals surface area contributed by atoms with Gasteiger partial charge in [0, 0.05) is 5.69 Å². The van der Waals surface area contributed by atoms with Gasteiger partial charge in [-0.15, -0.1) is 0 Å². The highest BCUT2D eigenvalue weighted by Gasteiger charge is 2.46. The lowest BCUT2D eigenvalue weighted by molar-refractivity contribution is -0.124. The summed E-state index contributed by atoms with van der Waals surface area (Å²) in [7, 11) is 0. The third kappa shape index (κ3) is 4.83. The van der Waals surface area contributed by atoms with E-state index in [1.54, 1.807) is 61.5 Å². The number of imide groups is 1. The average molecular weight is 461 g/mol. The molecule has 4 amide bonds. The quantitative estimate of drug-likeness (QED) is 0.403. The minimum atomic E-state index is -1.00. The van der Waals surface area contributed by atoms with Gasteiger partial charge in [0.1, 0.15) is 11.8 Å². The van der Waals surface area contributed by atoms with Gasteiger partial charge in [-0.3, -0.25) is 9.59 Å². The minimum absolute atomic E-state index is 0.0487. The van der Waals surface area contributed by atoms with E-state index in [2.05, 4.69) is 5.32 Å². The van der Waals surface area contributed by atoms with Crippen LogP contribution in [0.1, 0.15) is 29.5 Å². The molecule has 34 heavy (non-hydrogen) atoms. The number of hydrogen-bond acceptors (Lipinski definition) is 6. The minimum Gasteiger partial charge on any atom is -0.467 e. The van der Waals surface area contributed by atoms with Gasteiger partial charge in [-0.05, 0) is 55.5 Å². The molecule has 0 bridgehead atoms. The van der Waals surface area contributed by atoms with Crippen LogP contribution < -0.4 is 10.2 Å². The SMILES string of the molecule is CCOC(=O)c1ccc(NC(=O)CC2C(=O)N(c3ccccc3)C(=O)N2Cc2ccco2)cc1. The number of benzene rings is 2. The summed E-state index contributed by atoms with van der Waals surface area (Å²) < 4.78 is 10.3. The number of ether oxygens (including phenoxy) is 1. The lowest BCUT2D eigenvalue weighted by Crippen LogP contribution is -2.37. The number of rotatable bonds is 8. The Labute approximate surface area is 195 Å². The van der Waals surface area contributed by atoms with Crippen LogP contribution in [0.4, 0.5) is 16.2 Å². The summed E-state index contributed by atoms with van der Waals surface area (Å²) in [5.41, 5.74) is 1.24. The molecule has 1 atom stereocenters. The molecule has 0 spiro atoms. The summed E-state index contributed by atoms with van der Waals surface area (Å²) in [6.45, 7) is 2.03. The van der Waals surface area contributed by atoms with Gasteiger partial charge in [-0.1, -0.05) is 18.2 Å². The highest BCUT2D eigenvalue weighted by Crippen LogP contribution is 2.28. The molecule has 1 fully saturated rings. The number of hydrogen-bond donors (Lipinski definition) is 1. The maximum absolute atomic E-state index is 13.2. The van der Waals surface area contributed by atoms with E-state index in [1.165, 1.54) is 23.3 Å². The third-order valence-corrected chi connectivity index (χ3v) is 5.30. The molecule has 174 valence electrons. The van der Waals surface area contributed by atoms with E-state index < -0.39 is 29.9 Å². The van der Waals surface area contributed by atoms with Gasteiger partial charge in [-0.25, -0.2) is 14.5 Å². The topological polar surface area (TPSA) is 109 Å². The van der Waals surface area contributed by atoms with E-state index in [1.807, 2.05) is 0 Å². The second-order valence-corrected chi connectivity index (χ2v) is 7.56. The monoisotopic (exact) mass is 461 g/mol. The van der Waals surface area contributed by atoms with E-state index in [0.717, 1.165) is 4.90 Å². The molecule has 9 heteroatoms. The zero-order chi connectivity index (χ0) is 24.1. The molecule has 4 rings (SSSR count). The Bertz CT molecular complexity index is 1180. The normalized spacial score (nSPS) is 15.5. The van der Waals surface area contributed by atoms with E-state index >= 15 is 0 Å². The van der Waals surface area contributed by atoms with Crippen LogP contribution in [-0.4, -0.2) is 41.4 Å². The van der Waals surface area contributed by atoms with Gasteiger partial charge in [0.05, 0.1) is 37.1 Å². The summed E-state index contributed by atoms with van der Waals surface area (Å²) in [6, 6.07) is 16.7. The molecule has 0 radical (unpaired) electrons. The van der Waals surface area contributed by atoms with Crippen LogP contribution in [0.25, 0.3) is 0 Å². The van der Waals surface area contributed by atoms with Crippen molar-refractivity contribution >= 4 is 35.2 Å². The predicted molar refractivity (Wildman–Crippen MR) is 123 cm³/mol. The molecule has 9 nitrogen and oxygen atoms in total. The Morgan fingerprint density at radius 2 is 1.74 bits per heavy atom. The smallest absolute Gasteiger partial charge is 0.338 e. The molecule has 1 aliphatic heterocycles. The summed E-state index contributed by atoms with van der Waals surface area (Å²) in [4.78, 5) is 53.4. The van der Waals surface area contributed by atoms with Crippen molar-refractivity contribution in [3.05, 3.63) is 84.3 Å². The van der Waals surface area contributed by atoms with Crippen LogP contribution in [0.5, 0.6) is 0 Å². The fraction of sp³-hybridized carbons (Fsp3) is 0.200. The standard InChI is InChI=1S/C25H23N3O6/c1-2-33-24(31)17-10-12-18(13-11-17)26-22(29)15-21-23(30)28(19-7-4-3-5-8-19)25(32)27(21)16-20-9-6-14-34-20/h3-14,21H,2,15-16H2,1H3,(H,26,29). The van der Waals surface area contributed by atoms with Gasteiger partial charge in [0.15, 0.2) is 0 Å². The van der Waals surface area contributed by atoms with Gasteiger partial charge in [0.25, 0.3) is 5.91 Å². The number of furan rings is 1. The van der Waals surface area contributed by atoms with E-state index in [0.29, 0.717) is 22.7 Å². The molecular weight excluding hydrogens is 438 g/mol. The lowest BCUT2D eigenvalue weighted by atomic mass is 10.1. The molecular formula is C25H23N3O6. The van der Waals surface area contributed by atoms with Gasteiger partial charge >= 0.3 is 12.0 Å². The molecule has 3 aromatic rings. The summed E-state index contributed by atoms with van der Waals surface area (Å²) in [6.07, 6.45) is 1.24. The van der Waals surface area contributed by atoms with Crippen LogP contribution in [-0.2, 0) is 20.9 Å². The predicted octanol–water partition coefficient (Wildman–Crippen LogP) is 3.82. The Hall–Kier alpha value is -4.40. The number of nitrogens with one attached hydrogen (secondary N) is 1. The molecule has 2 heterocycles. The number of urea groups is 1. The first kappa shape index (κ1) is 22.8. The Morgan fingerprint density at radius 3 is 2.38 bits per heavy atom. The highest BCUT2D eigenvalue weighted by molar-refractivity contribution is 6.22. The largest absolute Gasteiger partial charge is 0.467 e. The maximum Gasteiger partial charge on any atom is 0.338 e. The van der Waals surface area contributed by atoms with E-state index in [-0.39, 0.29) is 19.6 Å². The zero-order valence-electron chi connectivity index (χ0n) is 18.5. The van der Waals surface area contributed by atoms with Gasteiger partial charge in [0.2, 0.25) is 5.91 Å². The summed E-state index contributed by atoms with van der Waals surface area (Å²) in [5.74, 6) is -0.897. The molecule has 1 aliphatic rings.